The lowest BCUT2D eigenvalue weighted by Crippen LogP contribution is -2.44. The van der Waals surface area contributed by atoms with Crippen LogP contribution in [0, 0.1) is 0 Å². The van der Waals surface area contributed by atoms with E-state index in [0.717, 1.165) is 31.4 Å². The number of benzene rings is 1. The van der Waals surface area contributed by atoms with Gasteiger partial charge in [0.1, 0.15) is 0 Å². The molecular formula is C20H25N3O. The molecule has 2 amide bonds. The molecular weight excluding hydrogens is 298 g/mol. The third-order valence-corrected chi connectivity index (χ3v) is 4.81. The summed E-state index contributed by atoms with van der Waals surface area (Å²) in [6, 6.07) is 16.5. The summed E-state index contributed by atoms with van der Waals surface area (Å²) in [6.07, 6.45) is 6.07. The minimum Gasteiger partial charge on any atom is -0.335 e. The number of carbonyl (C=O) groups excluding carboxylic acids is 1. The lowest BCUT2D eigenvalue weighted by atomic mass is 9.82. The van der Waals surface area contributed by atoms with Crippen LogP contribution in [0.3, 0.4) is 0 Å². The quantitative estimate of drug-likeness (QED) is 0.887. The van der Waals surface area contributed by atoms with Crippen molar-refractivity contribution in [1.82, 2.24) is 15.6 Å². The first kappa shape index (κ1) is 16.5. The number of pyridine rings is 1. The Kier molecular flexibility index (Phi) is 5.47. The zero-order valence-electron chi connectivity index (χ0n) is 14.1. The molecule has 4 nitrogen and oxygen atoms in total. The molecule has 2 aromatic rings. The molecule has 0 radical (unpaired) electrons. The van der Waals surface area contributed by atoms with E-state index in [2.05, 4.69) is 45.9 Å². The monoisotopic (exact) mass is 323 g/mol. The van der Waals surface area contributed by atoms with Crippen LogP contribution in [0.5, 0.6) is 0 Å². The molecule has 0 saturated heterocycles. The second-order valence-corrected chi connectivity index (χ2v) is 6.55. The van der Waals surface area contributed by atoms with Crippen molar-refractivity contribution in [3.63, 3.8) is 0 Å². The Bertz CT molecular complexity index is 636. The van der Waals surface area contributed by atoms with Crippen molar-refractivity contribution in [2.45, 2.75) is 50.6 Å². The number of amides is 2. The second kappa shape index (κ2) is 7.95. The Balaban J connectivity index is 1.45. The smallest absolute Gasteiger partial charge is 0.315 e. The molecule has 1 aromatic heterocycles. The Morgan fingerprint density at radius 2 is 1.75 bits per heavy atom. The molecule has 126 valence electrons. The number of nitrogens with one attached hydrogen (secondary N) is 2. The maximum atomic E-state index is 12.2. The van der Waals surface area contributed by atoms with Gasteiger partial charge in [-0.05, 0) is 56.2 Å². The van der Waals surface area contributed by atoms with Gasteiger partial charge in [-0.1, -0.05) is 36.4 Å². The molecule has 1 aliphatic carbocycles. The zero-order valence-corrected chi connectivity index (χ0v) is 14.1. The highest BCUT2D eigenvalue weighted by Gasteiger charge is 2.23. The second-order valence-electron chi connectivity index (χ2n) is 6.55. The minimum atomic E-state index is -0.101. The zero-order chi connectivity index (χ0) is 16.8. The van der Waals surface area contributed by atoms with Gasteiger partial charge in [0.25, 0.3) is 0 Å². The Hall–Kier alpha value is -2.36. The van der Waals surface area contributed by atoms with Crippen molar-refractivity contribution >= 4 is 6.03 Å². The van der Waals surface area contributed by atoms with Crippen molar-refractivity contribution in [1.29, 1.82) is 0 Å². The first-order valence-corrected chi connectivity index (χ1v) is 8.75. The van der Waals surface area contributed by atoms with Crippen LogP contribution < -0.4 is 10.6 Å². The van der Waals surface area contributed by atoms with Gasteiger partial charge in [-0.15, -0.1) is 0 Å². The van der Waals surface area contributed by atoms with Crippen molar-refractivity contribution in [3.8, 4) is 0 Å². The van der Waals surface area contributed by atoms with Crippen LogP contribution >= 0.6 is 0 Å². The standard InChI is InChI=1S/C20H25N3O/c1-15(19-9-5-6-14-21-19)22-20(24)23-18-12-10-17(11-13-18)16-7-3-2-4-8-16/h2-9,14-15,17-18H,10-13H2,1H3,(H2,22,23,24)/t15-,17?,18?/m0/s1. The van der Waals surface area contributed by atoms with Gasteiger partial charge in [-0.3, -0.25) is 4.98 Å². The van der Waals surface area contributed by atoms with Crippen molar-refractivity contribution in [2.24, 2.45) is 0 Å². The highest BCUT2D eigenvalue weighted by atomic mass is 16.2. The number of aromatic nitrogens is 1. The van der Waals surface area contributed by atoms with Crippen LogP contribution in [-0.2, 0) is 0 Å². The number of hydrogen-bond donors (Lipinski definition) is 2. The fourth-order valence-corrected chi connectivity index (χ4v) is 3.43. The van der Waals surface area contributed by atoms with E-state index in [1.807, 2.05) is 25.1 Å². The molecule has 0 spiro atoms. The highest BCUT2D eigenvalue weighted by molar-refractivity contribution is 5.74. The molecule has 1 fully saturated rings. The number of rotatable bonds is 4. The largest absolute Gasteiger partial charge is 0.335 e. The topological polar surface area (TPSA) is 54.0 Å². The molecule has 1 heterocycles. The van der Waals surface area contributed by atoms with E-state index in [9.17, 15) is 4.79 Å². The van der Waals surface area contributed by atoms with E-state index in [1.54, 1.807) is 6.20 Å². The molecule has 1 atom stereocenters. The summed E-state index contributed by atoms with van der Waals surface area (Å²) in [7, 11) is 0. The van der Waals surface area contributed by atoms with Crippen LogP contribution in [0.2, 0.25) is 0 Å². The van der Waals surface area contributed by atoms with Crippen molar-refractivity contribution < 1.29 is 4.79 Å². The predicted molar refractivity (Wildman–Crippen MR) is 95.8 cm³/mol. The van der Waals surface area contributed by atoms with Gasteiger partial charge in [-0.2, -0.15) is 0 Å². The van der Waals surface area contributed by atoms with Gasteiger partial charge in [0.05, 0.1) is 11.7 Å². The SMILES string of the molecule is C[C@H](NC(=O)NC1CCC(c2ccccc2)CC1)c1ccccn1. The van der Waals surface area contributed by atoms with Crippen molar-refractivity contribution in [3.05, 3.63) is 66.0 Å². The summed E-state index contributed by atoms with van der Waals surface area (Å²) in [5.41, 5.74) is 2.30. The molecule has 1 aliphatic rings. The van der Waals surface area contributed by atoms with E-state index < -0.39 is 0 Å². The molecule has 0 aliphatic heterocycles. The third-order valence-electron chi connectivity index (χ3n) is 4.81. The van der Waals surface area contributed by atoms with Crippen molar-refractivity contribution in [2.75, 3.05) is 0 Å². The number of nitrogens with zero attached hydrogens (tertiary/aromatic N) is 1. The summed E-state index contributed by atoms with van der Waals surface area (Å²) in [5, 5.41) is 6.09. The van der Waals surface area contributed by atoms with E-state index in [1.165, 1.54) is 5.56 Å². The molecule has 3 rings (SSSR count). The number of urea groups is 1. The van der Waals surface area contributed by atoms with Gasteiger partial charge in [0, 0.05) is 12.2 Å². The summed E-state index contributed by atoms with van der Waals surface area (Å²) >= 11 is 0. The maximum Gasteiger partial charge on any atom is 0.315 e. The third kappa shape index (κ3) is 4.34. The molecule has 2 N–H and O–H groups in total. The maximum absolute atomic E-state index is 12.2. The Labute approximate surface area is 143 Å². The lowest BCUT2D eigenvalue weighted by molar-refractivity contribution is 0.228. The fraction of sp³-hybridized carbons (Fsp3) is 0.400. The normalized spacial score (nSPS) is 21.7. The van der Waals surface area contributed by atoms with Crippen LogP contribution in [0.1, 0.15) is 55.8 Å². The van der Waals surface area contributed by atoms with Gasteiger partial charge < -0.3 is 10.6 Å². The molecule has 0 unspecified atom stereocenters. The van der Waals surface area contributed by atoms with Crippen LogP contribution in [-0.4, -0.2) is 17.1 Å². The van der Waals surface area contributed by atoms with Gasteiger partial charge >= 0.3 is 6.03 Å². The van der Waals surface area contributed by atoms with E-state index in [0.29, 0.717) is 5.92 Å². The van der Waals surface area contributed by atoms with Gasteiger partial charge in [-0.25, -0.2) is 4.79 Å². The molecule has 24 heavy (non-hydrogen) atoms. The number of hydrogen-bond acceptors (Lipinski definition) is 2. The molecule has 4 heteroatoms. The highest BCUT2D eigenvalue weighted by Crippen LogP contribution is 2.32. The molecule has 1 aromatic carbocycles. The summed E-state index contributed by atoms with van der Waals surface area (Å²) in [4.78, 5) is 16.5. The summed E-state index contributed by atoms with van der Waals surface area (Å²) in [5.74, 6) is 0.625. The first-order valence-electron chi connectivity index (χ1n) is 8.75. The van der Waals surface area contributed by atoms with E-state index >= 15 is 0 Å². The van der Waals surface area contributed by atoms with Gasteiger partial charge in [0.15, 0.2) is 0 Å². The fourth-order valence-electron chi connectivity index (χ4n) is 3.43. The predicted octanol–water partition coefficient (Wildman–Crippen LogP) is 4.17. The van der Waals surface area contributed by atoms with Crippen LogP contribution in [0.15, 0.2) is 54.7 Å². The first-order chi connectivity index (χ1) is 11.7. The Morgan fingerprint density at radius 1 is 1.04 bits per heavy atom. The Morgan fingerprint density at radius 3 is 2.42 bits per heavy atom. The summed E-state index contributed by atoms with van der Waals surface area (Å²) in [6.45, 7) is 1.95. The summed E-state index contributed by atoms with van der Waals surface area (Å²) < 4.78 is 0. The van der Waals surface area contributed by atoms with Crippen LogP contribution in [0.25, 0.3) is 0 Å². The van der Waals surface area contributed by atoms with E-state index in [4.69, 9.17) is 0 Å². The van der Waals surface area contributed by atoms with Crippen LogP contribution in [0.4, 0.5) is 4.79 Å². The van der Waals surface area contributed by atoms with E-state index in [-0.39, 0.29) is 18.1 Å². The minimum absolute atomic E-state index is 0.0909. The number of carbonyl (C=O) groups is 1. The molecule has 1 saturated carbocycles. The van der Waals surface area contributed by atoms with Gasteiger partial charge in [0.2, 0.25) is 0 Å². The molecule has 0 bridgehead atoms. The average Bonchev–Trinajstić information content (AvgIpc) is 2.64. The lowest BCUT2D eigenvalue weighted by Gasteiger charge is -2.29. The average molecular weight is 323 g/mol.